The van der Waals surface area contributed by atoms with Gasteiger partial charge in [-0.05, 0) is 63.0 Å². The molecule has 1 aliphatic carbocycles. The molecule has 0 heterocycles. The summed E-state index contributed by atoms with van der Waals surface area (Å²) in [4.78, 5) is 30.1. The normalized spacial score (nSPS) is 13.4. The van der Waals surface area contributed by atoms with E-state index >= 15 is 0 Å². The smallest absolute Gasteiger partial charge is 0.203 e. The quantitative estimate of drug-likeness (QED) is 0.128. The van der Waals surface area contributed by atoms with E-state index in [-0.39, 0.29) is 11.6 Å². The maximum atomic E-state index is 12.6. The summed E-state index contributed by atoms with van der Waals surface area (Å²) in [5, 5.41) is 6.38. The molecule has 0 bridgehead atoms. The molecule has 6 nitrogen and oxygen atoms in total. The van der Waals surface area contributed by atoms with Crippen molar-refractivity contribution in [3.8, 4) is 0 Å². The lowest BCUT2D eigenvalue weighted by molar-refractivity contribution is -0.115. The van der Waals surface area contributed by atoms with Gasteiger partial charge in [0.05, 0.1) is 11.4 Å². The zero-order valence-corrected chi connectivity index (χ0v) is 26.0. The minimum atomic E-state index is -0.116. The predicted octanol–water partition coefficient (Wildman–Crippen LogP) is 6.25. The molecule has 0 fully saturated rings. The Balaban J connectivity index is 1.21. The number of nitrogens with zero attached hydrogens (tertiary/aromatic N) is 2. The van der Waals surface area contributed by atoms with Crippen LogP contribution in [0.25, 0.3) is 0 Å². The molecule has 6 heteroatoms. The molecule has 0 radical (unpaired) electrons. The van der Waals surface area contributed by atoms with Gasteiger partial charge in [0.1, 0.15) is 0 Å². The van der Waals surface area contributed by atoms with E-state index in [1.54, 1.807) is 0 Å². The third-order valence-corrected chi connectivity index (χ3v) is 7.91. The van der Waals surface area contributed by atoms with Crippen molar-refractivity contribution in [3.05, 3.63) is 95.3 Å². The van der Waals surface area contributed by atoms with Gasteiger partial charge in [0, 0.05) is 38.3 Å². The lowest BCUT2D eigenvalue weighted by Gasteiger charge is -2.20. The minimum absolute atomic E-state index is 0.116. The Kier molecular flexibility index (Phi) is 15.7. The third-order valence-electron chi connectivity index (χ3n) is 7.91. The lowest BCUT2D eigenvalue weighted by Crippen LogP contribution is -2.30. The zero-order chi connectivity index (χ0) is 29.8. The van der Waals surface area contributed by atoms with E-state index < -0.39 is 0 Å². The first-order chi connectivity index (χ1) is 20.6. The fourth-order valence-corrected chi connectivity index (χ4v) is 5.29. The van der Waals surface area contributed by atoms with Crippen molar-refractivity contribution in [1.82, 2.24) is 20.4 Å². The molecule has 0 aliphatic heterocycles. The Morgan fingerprint density at radius 2 is 0.905 bits per heavy atom. The number of benzene rings is 2. The Bertz CT molecular complexity index is 1020. The van der Waals surface area contributed by atoms with E-state index in [1.165, 1.54) is 36.1 Å². The molecule has 2 aromatic rings. The number of nitrogens with one attached hydrogen (secondary N) is 2. The molecule has 0 saturated carbocycles. The molecule has 2 N–H and O–H groups in total. The van der Waals surface area contributed by atoms with Crippen molar-refractivity contribution >= 4 is 11.6 Å². The molecule has 3 rings (SSSR count). The topological polar surface area (TPSA) is 64.7 Å². The predicted molar refractivity (Wildman–Crippen MR) is 174 cm³/mol. The average molecular weight is 573 g/mol. The van der Waals surface area contributed by atoms with E-state index in [9.17, 15) is 9.59 Å². The summed E-state index contributed by atoms with van der Waals surface area (Å²) < 4.78 is 0. The van der Waals surface area contributed by atoms with E-state index in [0.717, 1.165) is 77.8 Å². The summed E-state index contributed by atoms with van der Waals surface area (Å²) in [6.45, 7) is 12.2. The monoisotopic (exact) mass is 572 g/mol. The van der Waals surface area contributed by atoms with Gasteiger partial charge in [0.15, 0.2) is 0 Å². The van der Waals surface area contributed by atoms with Crippen LogP contribution in [0.1, 0.15) is 76.3 Å². The van der Waals surface area contributed by atoms with Crippen molar-refractivity contribution < 1.29 is 9.59 Å². The minimum Gasteiger partial charge on any atom is -0.382 e. The highest BCUT2D eigenvalue weighted by molar-refractivity contribution is 6.19. The number of hydrogen-bond donors (Lipinski definition) is 2. The van der Waals surface area contributed by atoms with Gasteiger partial charge in [-0.1, -0.05) is 100 Å². The highest BCUT2D eigenvalue weighted by atomic mass is 16.1. The van der Waals surface area contributed by atoms with Crippen molar-refractivity contribution in [2.45, 2.75) is 78.3 Å². The Labute approximate surface area is 254 Å². The van der Waals surface area contributed by atoms with E-state index in [0.29, 0.717) is 24.5 Å². The molecule has 0 spiro atoms. The number of rotatable bonds is 22. The highest BCUT2D eigenvalue weighted by Gasteiger charge is 2.19. The molecular weight excluding hydrogens is 520 g/mol. The molecule has 1 aliphatic rings. The second kappa shape index (κ2) is 19.8. The summed E-state index contributed by atoms with van der Waals surface area (Å²) >= 11 is 0. The van der Waals surface area contributed by atoms with Crippen LogP contribution in [0.4, 0.5) is 0 Å². The first kappa shape index (κ1) is 33.3. The first-order valence-corrected chi connectivity index (χ1v) is 16.1. The molecule has 0 unspecified atom stereocenters. The molecule has 42 heavy (non-hydrogen) atoms. The number of unbranched alkanes of at least 4 members (excludes halogenated alkanes) is 6. The maximum absolute atomic E-state index is 12.6. The summed E-state index contributed by atoms with van der Waals surface area (Å²) in [5.74, 6) is -0.232. The van der Waals surface area contributed by atoms with Crippen LogP contribution in [-0.4, -0.2) is 60.6 Å². The number of hydrogen-bond acceptors (Lipinski definition) is 6. The van der Waals surface area contributed by atoms with Crippen molar-refractivity contribution in [2.24, 2.45) is 0 Å². The molecule has 228 valence electrons. The lowest BCUT2D eigenvalue weighted by atomic mass is 10.1. The first-order valence-electron chi connectivity index (χ1n) is 16.1. The Morgan fingerprint density at radius 1 is 0.524 bits per heavy atom. The van der Waals surface area contributed by atoms with Crippen LogP contribution in [-0.2, 0) is 22.7 Å². The zero-order valence-electron chi connectivity index (χ0n) is 26.0. The molecule has 0 aromatic heterocycles. The largest absolute Gasteiger partial charge is 0.382 e. The average Bonchev–Trinajstić information content (AvgIpc) is 3.01. The van der Waals surface area contributed by atoms with Gasteiger partial charge in [0.25, 0.3) is 0 Å². The van der Waals surface area contributed by atoms with E-state index in [1.807, 2.05) is 0 Å². The van der Waals surface area contributed by atoms with Gasteiger partial charge >= 0.3 is 0 Å². The van der Waals surface area contributed by atoms with Crippen LogP contribution in [0.2, 0.25) is 0 Å². The molecule has 2 aromatic carbocycles. The van der Waals surface area contributed by atoms with Crippen molar-refractivity contribution in [1.29, 1.82) is 0 Å². The second-order valence-electron chi connectivity index (χ2n) is 11.2. The Hall–Kier alpha value is -3.22. The van der Waals surface area contributed by atoms with Crippen LogP contribution < -0.4 is 10.6 Å². The summed E-state index contributed by atoms with van der Waals surface area (Å²) in [6, 6.07) is 21.3. The molecule has 0 atom stereocenters. The van der Waals surface area contributed by atoms with Gasteiger partial charge in [-0.3, -0.25) is 19.4 Å². The molecular formula is C36H52N4O2. The fourth-order valence-electron chi connectivity index (χ4n) is 5.29. The second-order valence-corrected chi connectivity index (χ2v) is 11.2. The number of allylic oxidation sites excluding steroid dienone is 2. The molecule has 0 amide bonds. The SMILES string of the molecule is CCN(CCCCCCNC1=CC(=O)C(NCCCCCCN(CC)Cc2ccccc2)=CC1=O)Cc1ccccc1. The van der Waals surface area contributed by atoms with Crippen LogP contribution in [0.5, 0.6) is 0 Å². The van der Waals surface area contributed by atoms with Crippen LogP contribution in [0.15, 0.2) is 84.2 Å². The Morgan fingerprint density at radius 3 is 1.29 bits per heavy atom. The fraction of sp³-hybridized carbons (Fsp3) is 0.500. The maximum Gasteiger partial charge on any atom is 0.203 e. The van der Waals surface area contributed by atoms with Crippen LogP contribution in [0, 0.1) is 0 Å². The number of ketones is 2. The van der Waals surface area contributed by atoms with Gasteiger partial charge in [-0.15, -0.1) is 0 Å². The van der Waals surface area contributed by atoms with Gasteiger partial charge in [-0.2, -0.15) is 0 Å². The standard InChI is InChI=1S/C36H52N4O2/c1-3-39(29-31-19-11-9-12-20-31)25-17-7-5-15-23-37-33-27-36(42)34(28-35(33)41)38-24-16-6-8-18-26-40(4-2)30-32-21-13-10-14-22-32/h9-14,19-22,27-28,37-38H,3-8,15-18,23-26,29-30H2,1-2H3. The number of carbonyl (C=O) groups excluding carboxylic acids is 2. The van der Waals surface area contributed by atoms with Gasteiger partial charge in [-0.25, -0.2) is 0 Å². The van der Waals surface area contributed by atoms with Gasteiger partial charge in [0.2, 0.25) is 11.6 Å². The molecule has 0 saturated heterocycles. The summed E-state index contributed by atoms with van der Waals surface area (Å²) in [5.41, 5.74) is 3.56. The number of carbonyl (C=O) groups is 2. The van der Waals surface area contributed by atoms with Crippen molar-refractivity contribution in [3.63, 3.8) is 0 Å². The summed E-state index contributed by atoms with van der Waals surface area (Å²) in [7, 11) is 0. The van der Waals surface area contributed by atoms with Gasteiger partial charge < -0.3 is 10.6 Å². The highest BCUT2D eigenvalue weighted by Crippen LogP contribution is 2.11. The third kappa shape index (κ3) is 12.7. The summed E-state index contributed by atoms with van der Waals surface area (Å²) in [6.07, 6.45) is 11.8. The van der Waals surface area contributed by atoms with Crippen LogP contribution >= 0.6 is 0 Å². The van der Waals surface area contributed by atoms with Crippen LogP contribution in [0.3, 0.4) is 0 Å². The van der Waals surface area contributed by atoms with Crippen molar-refractivity contribution in [2.75, 3.05) is 39.3 Å². The van der Waals surface area contributed by atoms with E-state index in [4.69, 9.17) is 0 Å². The van der Waals surface area contributed by atoms with E-state index in [2.05, 4.69) is 94.9 Å².